The highest BCUT2D eigenvalue weighted by molar-refractivity contribution is 5.75. The third-order valence-electron chi connectivity index (χ3n) is 18.7. The molecule has 12 rings (SSSR count). The van der Waals surface area contributed by atoms with E-state index in [1.807, 2.05) is 227 Å². The fraction of sp³-hybridized carbons (Fsp3) is 0.319. The highest BCUT2D eigenvalue weighted by Crippen LogP contribution is 2.31. The van der Waals surface area contributed by atoms with Crippen LogP contribution >= 0.6 is 0 Å². The molecule has 0 N–H and O–H groups in total. The van der Waals surface area contributed by atoms with E-state index in [4.69, 9.17) is 18.9 Å². The standard InChI is InChI=1S/C23H28N4O.C23H25N3O2.C23H27N3O.C22H27N5O/c1-3-5-7-19(4-2)18-28-23-14-10-21(11-15-23)26-25-20-8-12-22(13-9-20)27-17-6-16-24-27;1-4-17(5-2)23(27)28-21-14-12-20(13-15-21)25-24-19-10-8-18(9-11-19)22-7-6-16-26(22)3;1-3-4-5-6-18-27-22-15-13-21(14-16-22)25-24-20-11-9-19(10-12-20)23-8-7-17-26(23)2;1-3-5-6-18(4-2)17-28-22-13-9-20(10-14-22)26-25-19-7-11-21(12-8-19)27-23-15-16-24-27/h6,8-17,19H,3-5,7,18H2,1-2H3;6-17H,4-5H2,1-3H3;7-17H,3-6,18H2,1-2H3;7-16,18H,3-6,17H2,1-2H3. The van der Waals surface area contributed by atoms with Crippen LogP contribution in [0.3, 0.4) is 0 Å². The molecule has 0 saturated heterocycles. The monoisotopic (exact) mass is 1490 g/mol. The number of benzene rings is 8. The zero-order valence-electron chi connectivity index (χ0n) is 65.8. The largest absolute Gasteiger partial charge is 0.494 e. The highest BCUT2D eigenvalue weighted by atomic mass is 16.5. The molecule has 4 heterocycles. The van der Waals surface area contributed by atoms with Crippen LogP contribution in [0.25, 0.3) is 33.9 Å². The Labute approximate surface area is 655 Å². The van der Waals surface area contributed by atoms with E-state index in [0.717, 1.165) is 132 Å². The summed E-state index contributed by atoms with van der Waals surface area (Å²) in [5.41, 5.74) is 12.8. The molecule has 2 atom stereocenters. The van der Waals surface area contributed by atoms with Gasteiger partial charge in [-0.2, -0.15) is 61.0 Å². The van der Waals surface area contributed by atoms with Crippen molar-refractivity contribution < 1.29 is 23.7 Å². The first-order chi connectivity index (χ1) is 54.4. The lowest BCUT2D eigenvalue weighted by atomic mass is 10.0. The third-order valence-corrected chi connectivity index (χ3v) is 18.7. The summed E-state index contributed by atoms with van der Waals surface area (Å²) in [6, 6.07) is 72.0. The summed E-state index contributed by atoms with van der Waals surface area (Å²) in [5.74, 6) is 4.20. The lowest BCUT2D eigenvalue weighted by Crippen LogP contribution is -2.19. The van der Waals surface area contributed by atoms with Crippen LogP contribution in [0.1, 0.15) is 138 Å². The van der Waals surface area contributed by atoms with Gasteiger partial charge in [-0.1, -0.05) is 131 Å². The molecule has 8 aromatic carbocycles. The molecule has 0 saturated carbocycles. The number of unbranched alkanes of at least 4 members (excludes halogenated alkanes) is 5. The minimum atomic E-state index is -0.183. The van der Waals surface area contributed by atoms with Crippen LogP contribution in [0.2, 0.25) is 0 Å². The summed E-state index contributed by atoms with van der Waals surface area (Å²) in [6.07, 6.45) is 27.2. The number of carbonyl (C=O) groups is 1. The summed E-state index contributed by atoms with van der Waals surface area (Å²) < 4.78 is 29.0. The van der Waals surface area contributed by atoms with Crippen molar-refractivity contribution in [2.45, 2.75) is 138 Å². The van der Waals surface area contributed by atoms with Crippen LogP contribution < -0.4 is 18.9 Å². The molecule has 0 radical (unpaired) electrons. The average molecular weight is 1490 g/mol. The number of azo groups is 4. The molecular weight excluding hydrogens is 1380 g/mol. The maximum atomic E-state index is 12.0. The van der Waals surface area contributed by atoms with E-state index < -0.39 is 0 Å². The third kappa shape index (κ3) is 28.2. The number of hydrogen-bond acceptors (Lipinski definition) is 16. The van der Waals surface area contributed by atoms with Gasteiger partial charge in [-0.15, -0.1) is 0 Å². The van der Waals surface area contributed by atoms with Crippen molar-refractivity contribution in [1.29, 1.82) is 0 Å². The van der Waals surface area contributed by atoms with Gasteiger partial charge in [0.2, 0.25) is 0 Å². The summed E-state index contributed by atoms with van der Waals surface area (Å²) in [4.78, 5) is 13.6. The minimum absolute atomic E-state index is 0.0575. The smallest absolute Gasteiger partial charge is 0.314 e. The maximum Gasteiger partial charge on any atom is 0.314 e. The van der Waals surface area contributed by atoms with Crippen molar-refractivity contribution in [3.63, 3.8) is 0 Å². The molecule has 0 spiro atoms. The SMILES string of the molecule is CCC(CC)C(=O)Oc1ccc(N=Nc2ccc(-c3cccn3C)cc2)cc1.CCCCC(CC)COc1ccc(N=Nc2ccc(-n3cccn3)cc2)cc1.CCCCC(CC)COc1ccc(N=Nc2ccc(-n3nccn3)cc2)cc1.CCCCCCOc1ccc(N=Nc2ccc(-c3cccn3C)cc2)cc1. The molecule has 0 amide bonds. The van der Waals surface area contributed by atoms with Crippen LogP contribution in [-0.4, -0.2) is 59.7 Å². The second-order valence-corrected chi connectivity index (χ2v) is 27.0. The minimum Gasteiger partial charge on any atom is -0.494 e. The van der Waals surface area contributed by atoms with E-state index in [1.165, 1.54) is 69.0 Å². The number of rotatable bonds is 36. The van der Waals surface area contributed by atoms with Gasteiger partial charge in [0.05, 0.1) is 95.0 Å². The lowest BCUT2D eigenvalue weighted by Gasteiger charge is -2.15. The van der Waals surface area contributed by atoms with E-state index in [9.17, 15) is 4.79 Å². The number of esters is 1. The highest BCUT2D eigenvalue weighted by Gasteiger charge is 2.17. The topological polar surface area (TPSA) is 211 Å². The van der Waals surface area contributed by atoms with Crippen LogP contribution in [0.5, 0.6) is 23.0 Å². The van der Waals surface area contributed by atoms with E-state index in [2.05, 4.69) is 124 Å². The molecule has 0 aliphatic rings. The number of nitrogens with zero attached hydrogens (tertiary/aromatic N) is 15. The van der Waals surface area contributed by atoms with Crippen LogP contribution in [0.15, 0.2) is 303 Å². The number of carbonyl (C=O) groups excluding carboxylic acids is 1. The molecule has 0 aliphatic carbocycles. The Hall–Kier alpha value is -12.1. The molecule has 20 nitrogen and oxygen atoms in total. The Morgan fingerprint density at radius 1 is 0.351 bits per heavy atom. The van der Waals surface area contributed by atoms with Gasteiger partial charge in [0.25, 0.3) is 0 Å². The maximum absolute atomic E-state index is 12.0. The summed E-state index contributed by atoms with van der Waals surface area (Å²) in [6.45, 7) is 17.4. The van der Waals surface area contributed by atoms with Crippen molar-refractivity contribution in [2.24, 2.45) is 72.8 Å². The normalized spacial score (nSPS) is 11.8. The van der Waals surface area contributed by atoms with Crippen molar-refractivity contribution in [3.8, 4) is 56.9 Å². The first-order valence-corrected chi connectivity index (χ1v) is 39.1. The number of aryl methyl sites for hydroxylation is 2. The molecule has 0 fully saturated rings. The van der Waals surface area contributed by atoms with Crippen LogP contribution in [-0.2, 0) is 18.9 Å². The Balaban J connectivity index is 0.000000170. The number of hydrogen-bond donors (Lipinski definition) is 0. The Morgan fingerprint density at radius 2 is 0.712 bits per heavy atom. The van der Waals surface area contributed by atoms with Crippen LogP contribution in [0.4, 0.5) is 45.5 Å². The second-order valence-electron chi connectivity index (χ2n) is 27.0. The van der Waals surface area contributed by atoms with Gasteiger partial charge >= 0.3 is 5.97 Å². The van der Waals surface area contributed by atoms with E-state index >= 15 is 0 Å². The van der Waals surface area contributed by atoms with Crippen LogP contribution in [0, 0.1) is 17.8 Å². The summed E-state index contributed by atoms with van der Waals surface area (Å²) >= 11 is 0. The van der Waals surface area contributed by atoms with Gasteiger partial charge in [-0.3, -0.25) is 4.79 Å². The zero-order chi connectivity index (χ0) is 78.0. The molecule has 4 aromatic heterocycles. The molecule has 0 bridgehead atoms. The Bertz CT molecular complexity index is 4520. The van der Waals surface area contributed by atoms with Crippen molar-refractivity contribution in [1.82, 2.24) is 33.9 Å². The van der Waals surface area contributed by atoms with Gasteiger partial charge in [0.15, 0.2) is 0 Å². The first-order valence-electron chi connectivity index (χ1n) is 39.1. The lowest BCUT2D eigenvalue weighted by molar-refractivity contribution is -0.139. The molecule has 12 aromatic rings. The van der Waals surface area contributed by atoms with E-state index in [-0.39, 0.29) is 11.9 Å². The molecule has 0 aliphatic heterocycles. The molecule has 20 heteroatoms. The average Bonchev–Trinajstić information content (AvgIpc) is 1.76. The van der Waals surface area contributed by atoms with Gasteiger partial charge in [0.1, 0.15) is 23.0 Å². The quantitative estimate of drug-likeness (QED) is 0.0159. The molecule has 576 valence electrons. The van der Waals surface area contributed by atoms with Crippen molar-refractivity contribution in [3.05, 3.63) is 262 Å². The van der Waals surface area contributed by atoms with Gasteiger partial charge in [-0.05, 0) is 255 Å². The Morgan fingerprint density at radius 3 is 1.05 bits per heavy atom. The van der Waals surface area contributed by atoms with E-state index in [0.29, 0.717) is 23.3 Å². The fourth-order valence-electron chi connectivity index (χ4n) is 11.6. The van der Waals surface area contributed by atoms with Crippen molar-refractivity contribution >= 4 is 51.5 Å². The van der Waals surface area contributed by atoms with Gasteiger partial charge in [-0.25, -0.2) is 4.68 Å². The Kier molecular flexibility index (Phi) is 34.6. The zero-order valence-corrected chi connectivity index (χ0v) is 65.8. The fourth-order valence-corrected chi connectivity index (χ4v) is 11.6. The predicted octanol–water partition coefficient (Wildman–Crippen LogP) is 26.7. The first kappa shape index (κ1) is 83.0. The number of aromatic nitrogens is 7. The summed E-state index contributed by atoms with van der Waals surface area (Å²) in [5, 5.41) is 46.8. The van der Waals surface area contributed by atoms with Crippen molar-refractivity contribution in [2.75, 3.05) is 19.8 Å². The molecular formula is C91H107N15O5. The molecule has 111 heavy (non-hydrogen) atoms. The molecule has 2 unspecified atom stereocenters. The van der Waals surface area contributed by atoms with Gasteiger partial charge < -0.3 is 28.1 Å². The van der Waals surface area contributed by atoms with E-state index in [1.54, 1.807) is 47.7 Å². The van der Waals surface area contributed by atoms with Gasteiger partial charge in [0, 0.05) is 50.3 Å². The predicted molar refractivity (Wildman–Crippen MR) is 446 cm³/mol. The number of ether oxygens (including phenoxy) is 4. The summed E-state index contributed by atoms with van der Waals surface area (Å²) in [7, 11) is 4.07. The second kappa shape index (κ2) is 46.3.